The van der Waals surface area contributed by atoms with Crippen LogP contribution in [0.5, 0.6) is 23.0 Å². The van der Waals surface area contributed by atoms with Crippen LogP contribution in [0, 0.1) is 3.57 Å². The number of ether oxygens (including phenoxy) is 5. The smallest absolute Gasteiger partial charge is 0.338 e. The number of nitrogens with zero attached hydrogens (tertiary/aromatic N) is 2. The van der Waals surface area contributed by atoms with Crippen LogP contribution in [0.4, 0.5) is 0 Å². The molecule has 4 aromatic rings. The van der Waals surface area contributed by atoms with Gasteiger partial charge in [-0.15, -0.1) is 0 Å². The average molecular weight is 785 g/mol. The number of thiazole rings is 1. The summed E-state index contributed by atoms with van der Waals surface area (Å²) in [7, 11) is 4.57. The molecule has 2 heterocycles. The zero-order valence-electron chi connectivity index (χ0n) is 27.0. The molecule has 0 saturated heterocycles. The summed E-state index contributed by atoms with van der Waals surface area (Å²) in [5, 5.41) is 9.32. The zero-order chi connectivity index (χ0) is 34.7. The predicted molar refractivity (Wildman–Crippen MR) is 188 cm³/mol. The SMILES string of the molecule is COc1ccc(OC)c([C@H]2C(C(=O)OC(C)C)=C(C)N=c3s/c(=C/c4cc(I)c(OCc5cccc(C(=O)O)c5)c(OC)c4)c(=O)n32)c1. The molecule has 3 aromatic carbocycles. The van der Waals surface area contributed by atoms with Crippen LogP contribution >= 0.6 is 33.9 Å². The molecule has 1 N–H and O–H groups in total. The number of hydrogen-bond acceptors (Lipinski definition) is 10. The Balaban J connectivity index is 1.60. The Labute approximate surface area is 293 Å². The van der Waals surface area contributed by atoms with Gasteiger partial charge in [-0.05, 0) is 103 Å². The second-order valence-electron chi connectivity index (χ2n) is 11.0. The monoisotopic (exact) mass is 784 g/mol. The van der Waals surface area contributed by atoms with Crippen LogP contribution in [0.15, 0.2) is 75.7 Å². The number of methoxy groups -OCH3 is 3. The van der Waals surface area contributed by atoms with Crippen LogP contribution in [0.25, 0.3) is 6.08 Å². The third-order valence-electron chi connectivity index (χ3n) is 7.42. The summed E-state index contributed by atoms with van der Waals surface area (Å²) in [4.78, 5) is 44.2. The molecule has 250 valence electrons. The van der Waals surface area contributed by atoms with E-state index in [1.807, 2.05) is 6.07 Å². The van der Waals surface area contributed by atoms with E-state index in [0.29, 0.717) is 58.3 Å². The van der Waals surface area contributed by atoms with Crippen molar-refractivity contribution in [3.63, 3.8) is 0 Å². The highest BCUT2D eigenvalue weighted by molar-refractivity contribution is 14.1. The molecule has 0 spiro atoms. The van der Waals surface area contributed by atoms with Gasteiger partial charge in [0.15, 0.2) is 16.3 Å². The number of benzene rings is 3. The summed E-state index contributed by atoms with van der Waals surface area (Å²) in [6.45, 7) is 5.36. The number of carbonyl (C=O) groups excluding carboxylic acids is 1. The number of carbonyl (C=O) groups is 2. The summed E-state index contributed by atoms with van der Waals surface area (Å²) >= 11 is 3.32. The highest BCUT2D eigenvalue weighted by Gasteiger charge is 2.36. The fraction of sp³-hybridized carbons (Fsp3) is 0.257. The molecule has 0 aliphatic carbocycles. The van der Waals surface area contributed by atoms with Gasteiger partial charge in [0.1, 0.15) is 24.1 Å². The second-order valence-corrected chi connectivity index (χ2v) is 13.1. The van der Waals surface area contributed by atoms with E-state index in [4.69, 9.17) is 23.7 Å². The maximum Gasteiger partial charge on any atom is 0.338 e. The highest BCUT2D eigenvalue weighted by Crippen LogP contribution is 2.38. The molecule has 0 fully saturated rings. The molecule has 0 radical (unpaired) electrons. The van der Waals surface area contributed by atoms with Gasteiger partial charge in [0.25, 0.3) is 5.56 Å². The molecule has 0 bridgehead atoms. The van der Waals surface area contributed by atoms with E-state index in [9.17, 15) is 19.5 Å². The largest absolute Gasteiger partial charge is 0.497 e. The van der Waals surface area contributed by atoms with Gasteiger partial charge in [0.2, 0.25) is 0 Å². The van der Waals surface area contributed by atoms with Crippen LogP contribution in [-0.4, -0.2) is 49.0 Å². The molecular weight excluding hydrogens is 751 g/mol. The Bertz CT molecular complexity index is 2120. The number of fused-ring (bicyclic) bond motifs is 1. The molecule has 0 saturated carbocycles. The van der Waals surface area contributed by atoms with E-state index in [0.717, 1.165) is 0 Å². The minimum atomic E-state index is -1.02. The van der Waals surface area contributed by atoms with Crippen LogP contribution in [-0.2, 0) is 16.1 Å². The van der Waals surface area contributed by atoms with Gasteiger partial charge in [0.05, 0.1) is 52.4 Å². The van der Waals surface area contributed by atoms with Crippen molar-refractivity contribution in [3.05, 3.63) is 111 Å². The molecule has 0 unspecified atom stereocenters. The molecule has 1 aliphatic heterocycles. The Kier molecular flexibility index (Phi) is 10.6. The van der Waals surface area contributed by atoms with Gasteiger partial charge >= 0.3 is 11.9 Å². The first-order valence-corrected chi connectivity index (χ1v) is 16.6. The minimum Gasteiger partial charge on any atom is -0.497 e. The summed E-state index contributed by atoms with van der Waals surface area (Å²) < 4.78 is 31.1. The lowest BCUT2D eigenvalue weighted by Gasteiger charge is -2.26. The summed E-state index contributed by atoms with van der Waals surface area (Å²) in [6, 6.07) is 14.4. The number of esters is 1. The Morgan fingerprint density at radius 1 is 1.04 bits per heavy atom. The number of carboxylic acids is 1. The molecule has 1 aromatic heterocycles. The normalized spacial score (nSPS) is 14.3. The molecule has 11 nitrogen and oxygen atoms in total. The molecule has 48 heavy (non-hydrogen) atoms. The first-order chi connectivity index (χ1) is 22.9. The number of aromatic carboxylic acids is 1. The lowest BCUT2D eigenvalue weighted by Crippen LogP contribution is -2.40. The van der Waals surface area contributed by atoms with Gasteiger partial charge in [0, 0.05) is 5.56 Å². The van der Waals surface area contributed by atoms with E-state index >= 15 is 0 Å². The fourth-order valence-corrected chi connectivity index (χ4v) is 7.10. The van der Waals surface area contributed by atoms with Gasteiger partial charge in [-0.3, -0.25) is 9.36 Å². The number of carboxylic acid groups (broad SMARTS) is 1. The second kappa shape index (κ2) is 14.6. The predicted octanol–water partition coefficient (Wildman–Crippen LogP) is 5.09. The van der Waals surface area contributed by atoms with Crippen LogP contribution in [0.1, 0.15) is 53.9 Å². The lowest BCUT2D eigenvalue weighted by atomic mass is 9.94. The van der Waals surface area contributed by atoms with Crippen molar-refractivity contribution >= 4 is 51.9 Å². The molecule has 0 amide bonds. The summed E-state index contributed by atoms with van der Waals surface area (Å²) in [6.07, 6.45) is 1.34. The number of allylic oxidation sites excluding steroid dienone is 1. The summed E-state index contributed by atoms with van der Waals surface area (Å²) in [5.74, 6) is 0.298. The molecular formula is C35H33IN2O9S. The van der Waals surface area contributed by atoms with Crippen molar-refractivity contribution in [2.75, 3.05) is 21.3 Å². The third kappa shape index (κ3) is 7.11. The van der Waals surface area contributed by atoms with E-state index < -0.39 is 24.1 Å². The van der Waals surface area contributed by atoms with Gasteiger partial charge in [-0.1, -0.05) is 23.5 Å². The number of halogens is 1. The molecule has 13 heteroatoms. The zero-order valence-corrected chi connectivity index (χ0v) is 30.0. The summed E-state index contributed by atoms with van der Waals surface area (Å²) in [5.41, 5.74) is 2.36. The van der Waals surface area contributed by atoms with E-state index in [1.165, 1.54) is 43.3 Å². The molecule has 1 atom stereocenters. The third-order valence-corrected chi connectivity index (χ3v) is 9.21. The number of hydrogen-bond donors (Lipinski definition) is 1. The van der Waals surface area contributed by atoms with Crippen LogP contribution in [0.3, 0.4) is 0 Å². The van der Waals surface area contributed by atoms with Gasteiger partial charge < -0.3 is 28.8 Å². The topological polar surface area (TPSA) is 135 Å². The first kappa shape index (κ1) is 34.7. The van der Waals surface area contributed by atoms with Crippen molar-refractivity contribution in [1.29, 1.82) is 0 Å². The minimum absolute atomic E-state index is 0.125. The van der Waals surface area contributed by atoms with Crippen LogP contribution < -0.4 is 33.8 Å². The van der Waals surface area contributed by atoms with Crippen molar-refractivity contribution < 1.29 is 38.4 Å². The Morgan fingerprint density at radius 2 is 1.79 bits per heavy atom. The average Bonchev–Trinajstić information content (AvgIpc) is 3.36. The van der Waals surface area contributed by atoms with Crippen molar-refractivity contribution in [2.45, 2.75) is 39.5 Å². The van der Waals surface area contributed by atoms with Crippen LogP contribution in [0.2, 0.25) is 0 Å². The lowest BCUT2D eigenvalue weighted by molar-refractivity contribution is -0.143. The fourth-order valence-electron chi connectivity index (χ4n) is 5.27. The number of rotatable bonds is 11. The standard InChI is InChI=1S/C35H33IN2O9S/c1-18(2)47-34(42)29-19(3)37-35-38(30(29)24-16-23(43-4)10-11-26(24)44-5)32(39)28(48-35)15-21-13-25(36)31(27(14-21)45-6)46-17-20-8-7-9-22(12-20)33(40)41/h7-16,18,30H,17H2,1-6H3,(H,40,41)/b28-15+/t30-/m0/s1. The quantitative estimate of drug-likeness (QED) is 0.163. The van der Waals surface area contributed by atoms with E-state index in [1.54, 1.807) is 69.3 Å². The first-order valence-electron chi connectivity index (χ1n) is 14.7. The number of aromatic nitrogens is 1. The maximum absolute atomic E-state index is 14.2. The van der Waals surface area contributed by atoms with E-state index in [-0.39, 0.29) is 23.3 Å². The molecule has 1 aliphatic rings. The Hall–Kier alpha value is -4.63. The highest BCUT2D eigenvalue weighted by atomic mass is 127. The van der Waals surface area contributed by atoms with Crippen molar-refractivity contribution in [2.24, 2.45) is 4.99 Å². The Morgan fingerprint density at radius 3 is 2.46 bits per heavy atom. The maximum atomic E-state index is 14.2. The van der Waals surface area contributed by atoms with Crippen molar-refractivity contribution in [1.82, 2.24) is 4.57 Å². The van der Waals surface area contributed by atoms with Gasteiger partial charge in [-0.2, -0.15) is 0 Å². The van der Waals surface area contributed by atoms with Gasteiger partial charge in [-0.25, -0.2) is 14.6 Å². The molecule has 5 rings (SSSR count). The van der Waals surface area contributed by atoms with E-state index in [2.05, 4.69) is 27.6 Å². The van der Waals surface area contributed by atoms with Crippen molar-refractivity contribution in [3.8, 4) is 23.0 Å².